The highest BCUT2D eigenvalue weighted by atomic mass is 16.5. The fourth-order valence-corrected chi connectivity index (χ4v) is 3.01. The monoisotopic (exact) mass is 380 g/mol. The highest BCUT2D eigenvalue weighted by molar-refractivity contribution is 6.04. The van der Waals surface area contributed by atoms with Gasteiger partial charge in [-0.2, -0.15) is 5.10 Å². The molecule has 0 aliphatic heterocycles. The number of hydrogen-bond donors (Lipinski definition) is 3. The number of benzene rings is 2. The van der Waals surface area contributed by atoms with Gasteiger partial charge in [0, 0.05) is 16.5 Å². The van der Waals surface area contributed by atoms with Crippen LogP contribution in [-0.2, 0) is 0 Å². The van der Waals surface area contributed by atoms with E-state index in [-0.39, 0.29) is 22.8 Å². The van der Waals surface area contributed by atoms with Gasteiger partial charge in [-0.1, -0.05) is 18.2 Å². The molecule has 0 saturated carbocycles. The number of phenols is 1. The number of nitrogens with zero attached hydrogens (tertiary/aromatic N) is 2. The third-order valence-corrected chi connectivity index (χ3v) is 4.36. The SMILES string of the molecule is COc1cc(/C=N\n2c(=O)[nH]c3c([nH]c4ccccc43)c2=O)cc(OC)c1O. The second kappa shape index (κ2) is 6.62. The van der Waals surface area contributed by atoms with Gasteiger partial charge < -0.3 is 24.5 Å². The van der Waals surface area contributed by atoms with Crippen molar-refractivity contribution in [1.82, 2.24) is 14.6 Å². The second-order valence-electron chi connectivity index (χ2n) is 5.99. The number of aromatic hydroxyl groups is 1. The van der Waals surface area contributed by atoms with Gasteiger partial charge in [-0.3, -0.25) is 4.79 Å². The largest absolute Gasteiger partial charge is 0.502 e. The summed E-state index contributed by atoms with van der Waals surface area (Å²) in [6.07, 6.45) is 1.30. The van der Waals surface area contributed by atoms with Gasteiger partial charge in [0.2, 0.25) is 5.75 Å². The van der Waals surface area contributed by atoms with Crippen LogP contribution in [0.2, 0.25) is 0 Å². The van der Waals surface area contributed by atoms with Gasteiger partial charge in [0.05, 0.1) is 26.0 Å². The zero-order valence-electron chi connectivity index (χ0n) is 15.0. The number of phenolic OH excluding ortho intramolecular Hbond substituents is 1. The number of ether oxygens (including phenoxy) is 2. The maximum Gasteiger partial charge on any atom is 0.350 e. The molecule has 142 valence electrons. The minimum atomic E-state index is -0.670. The Bertz CT molecular complexity index is 1320. The van der Waals surface area contributed by atoms with E-state index in [2.05, 4.69) is 15.1 Å². The highest BCUT2D eigenvalue weighted by Crippen LogP contribution is 2.36. The Hall–Kier alpha value is -4.01. The first-order valence-corrected chi connectivity index (χ1v) is 8.28. The molecule has 0 fully saturated rings. The molecule has 0 amide bonds. The highest BCUT2D eigenvalue weighted by Gasteiger charge is 2.13. The van der Waals surface area contributed by atoms with Crippen molar-refractivity contribution in [2.24, 2.45) is 5.10 Å². The van der Waals surface area contributed by atoms with Gasteiger partial charge in [-0.25, -0.2) is 4.79 Å². The Kier molecular flexibility index (Phi) is 4.11. The Morgan fingerprint density at radius 3 is 2.39 bits per heavy atom. The van der Waals surface area contributed by atoms with Gasteiger partial charge in [-0.05, 0) is 18.2 Å². The van der Waals surface area contributed by atoms with Crippen LogP contribution in [0.15, 0.2) is 51.1 Å². The van der Waals surface area contributed by atoms with Crippen molar-refractivity contribution in [3.8, 4) is 17.2 Å². The number of aromatic amines is 2. The Morgan fingerprint density at radius 1 is 1.04 bits per heavy atom. The molecular weight excluding hydrogens is 364 g/mol. The van der Waals surface area contributed by atoms with Gasteiger partial charge in [0.15, 0.2) is 11.5 Å². The summed E-state index contributed by atoms with van der Waals surface area (Å²) in [5.74, 6) is 0.193. The van der Waals surface area contributed by atoms with E-state index < -0.39 is 11.2 Å². The van der Waals surface area contributed by atoms with E-state index >= 15 is 0 Å². The molecular formula is C19H16N4O5. The molecule has 4 aromatic rings. The fourth-order valence-electron chi connectivity index (χ4n) is 3.01. The lowest BCUT2D eigenvalue weighted by atomic mass is 10.2. The summed E-state index contributed by atoms with van der Waals surface area (Å²) >= 11 is 0. The average Bonchev–Trinajstić information content (AvgIpc) is 3.07. The molecule has 4 rings (SSSR count). The van der Waals surface area contributed by atoms with Crippen LogP contribution in [-0.4, -0.2) is 40.2 Å². The van der Waals surface area contributed by atoms with Crippen molar-refractivity contribution >= 4 is 28.2 Å². The molecule has 0 saturated heterocycles. The first kappa shape index (κ1) is 17.4. The lowest BCUT2D eigenvalue weighted by Crippen LogP contribution is -2.32. The first-order chi connectivity index (χ1) is 13.5. The number of aromatic nitrogens is 3. The van der Waals surface area contributed by atoms with Crippen LogP contribution in [0.25, 0.3) is 21.9 Å². The standard InChI is InChI=1S/C19H16N4O5/c1-27-13-7-10(8-14(28-2)17(13)24)9-20-23-18(25)16-15(22-19(23)26)11-5-3-4-6-12(11)21-16/h3-9,21,24H,1-2H3,(H,22,26)/b20-9-. The van der Waals surface area contributed by atoms with E-state index in [1.54, 1.807) is 0 Å². The smallest absolute Gasteiger partial charge is 0.350 e. The van der Waals surface area contributed by atoms with E-state index in [1.165, 1.54) is 32.6 Å². The molecule has 0 radical (unpaired) electrons. The lowest BCUT2D eigenvalue weighted by Gasteiger charge is -2.09. The molecule has 28 heavy (non-hydrogen) atoms. The van der Waals surface area contributed by atoms with Crippen LogP contribution in [0.5, 0.6) is 17.2 Å². The van der Waals surface area contributed by atoms with Crippen molar-refractivity contribution in [1.29, 1.82) is 0 Å². The summed E-state index contributed by atoms with van der Waals surface area (Å²) in [4.78, 5) is 30.8. The maximum absolute atomic E-state index is 12.7. The van der Waals surface area contributed by atoms with Gasteiger partial charge in [-0.15, -0.1) is 4.68 Å². The van der Waals surface area contributed by atoms with Crippen LogP contribution in [0.1, 0.15) is 5.56 Å². The van der Waals surface area contributed by atoms with Crippen molar-refractivity contribution in [3.05, 3.63) is 62.8 Å². The summed E-state index contributed by atoms with van der Waals surface area (Å²) in [5, 5.41) is 14.7. The number of nitrogens with one attached hydrogen (secondary N) is 2. The van der Waals surface area contributed by atoms with Crippen LogP contribution in [0, 0.1) is 0 Å². The predicted molar refractivity (Wildman–Crippen MR) is 105 cm³/mol. The molecule has 2 heterocycles. The quantitative estimate of drug-likeness (QED) is 0.466. The number of H-pyrrole nitrogens is 2. The predicted octanol–water partition coefficient (Wildman–Crippen LogP) is 1.78. The minimum Gasteiger partial charge on any atom is -0.502 e. The number of rotatable bonds is 4. The molecule has 3 N–H and O–H groups in total. The Labute approximate surface area is 157 Å². The average molecular weight is 380 g/mol. The fraction of sp³-hybridized carbons (Fsp3) is 0.105. The summed E-state index contributed by atoms with van der Waals surface area (Å²) in [6, 6.07) is 10.3. The van der Waals surface area contributed by atoms with Crippen LogP contribution in [0.3, 0.4) is 0 Å². The van der Waals surface area contributed by atoms with E-state index in [0.29, 0.717) is 11.1 Å². The molecule has 0 aliphatic rings. The number of para-hydroxylation sites is 1. The van der Waals surface area contributed by atoms with Crippen molar-refractivity contribution in [2.75, 3.05) is 14.2 Å². The Balaban J connectivity index is 1.85. The third-order valence-electron chi connectivity index (χ3n) is 4.36. The number of hydrogen-bond acceptors (Lipinski definition) is 6. The minimum absolute atomic E-state index is 0.156. The van der Waals surface area contributed by atoms with Crippen molar-refractivity contribution in [2.45, 2.75) is 0 Å². The molecule has 9 nitrogen and oxygen atoms in total. The molecule has 0 spiro atoms. The molecule has 9 heteroatoms. The third kappa shape index (κ3) is 2.69. The molecule has 0 unspecified atom stereocenters. The van der Waals surface area contributed by atoms with E-state index in [1.807, 2.05) is 24.3 Å². The van der Waals surface area contributed by atoms with Crippen LogP contribution < -0.4 is 20.7 Å². The number of methoxy groups -OCH3 is 2. The number of fused-ring (bicyclic) bond motifs is 3. The van der Waals surface area contributed by atoms with Crippen molar-refractivity contribution in [3.63, 3.8) is 0 Å². The van der Waals surface area contributed by atoms with E-state index in [9.17, 15) is 14.7 Å². The first-order valence-electron chi connectivity index (χ1n) is 8.28. The van der Waals surface area contributed by atoms with Crippen molar-refractivity contribution < 1.29 is 14.6 Å². The van der Waals surface area contributed by atoms with E-state index in [0.717, 1.165) is 15.6 Å². The molecule has 0 bridgehead atoms. The topological polar surface area (TPSA) is 122 Å². The molecule has 2 aromatic heterocycles. The van der Waals surface area contributed by atoms with E-state index in [4.69, 9.17) is 9.47 Å². The summed E-state index contributed by atoms with van der Waals surface area (Å²) in [6.45, 7) is 0. The summed E-state index contributed by atoms with van der Waals surface area (Å²) in [7, 11) is 2.79. The maximum atomic E-state index is 12.7. The lowest BCUT2D eigenvalue weighted by molar-refractivity contribution is 0.340. The van der Waals surface area contributed by atoms with Gasteiger partial charge in [0.1, 0.15) is 5.52 Å². The Morgan fingerprint density at radius 2 is 1.71 bits per heavy atom. The molecule has 2 aromatic carbocycles. The summed E-state index contributed by atoms with van der Waals surface area (Å²) < 4.78 is 10.9. The van der Waals surface area contributed by atoms with Gasteiger partial charge >= 0.3 is 11.2 Å². The van der Waals surface area contributed by atoms with Gasteiger partial charge in [0.25, 0.3) is 0 Å². The normalized spacial score (nSPS) is 11.5. The van der Waals surface area contributed by atoms with Crippen LogP contribution >= 0.6 is 0 Å². The zero-order valence-corrected chi connectivity index (χ0v) is 15.0. The van der Waals surface area contributed by atoms with Crippen LogP contribution in [0.4, 0.5) is 0 Å². The molecule has 0 aliphatic carbocycles. The second-order valence-corrected chi connectivity index (χ2v) is 5.99. The zero-order chi connectivity index (χ0) is 19.8. The summed E-state index contributed by atoms with van der Waals surface area (Å²) in [5.41, 5.74) is 0.637. The molecule has 0 atom stereocenters.